The topological polar surface area (TPSA) is 133 Å². The summed E-state index contributed by atoms with van der Waals surface area (Å²) in [4.78, 5) is 42.5. The molecular weight excluding hydrogens is 749 g/mol. The third-order valence-electron chi connectivity index (χ3n) is 12.3. The van der Waals surface area contributed by atoms with E-state index in [-0.39, 0.29) is 49.0 Å². The van der Waals surface area contributed by atoms with Crippen molar-refractivity contribution < 1.29 is 24.5 Å². The van der Waals surface area contributed by atoms with E-state index in [1.54, 1.807) is 6.92 Å². The Balaban J connectivity index is 1.32. The van der Waals surface area contributed by atoms with E-state index < -0.39 is 6.10 Å². The number of ketones is 1. The molecule has 6 rings (SSSR count). The molecule has 6 aliphatic rings. The minimum Gasteiger partial charge on any atom is -0.515 e. The number of nitrogens with zero attached hydrogens (tertiary/aromatic N) is 3. The minimum atomic E-state index is -0.801. The number of carbonyl (C=O) groups is 2. The van der Waals surface area contributed by atoms with Gasteiger partial charge in [-0.1, -0.05) is 56.6 Å². The van der Waals surface area contributed by atoms with Crippen molar-refractivity contribution >= 4 is 28.9 Å². The molecule has 3 N–H and O–H groups in total. The maximum absolute atomic E-state index is 14.0. The molecule has 9 heteroatoms. The number of fused-ring (bicyclic) bond motifs is 5. The van der Waals surface area contributed by atoms with Gasteiger partial charge in [-0.05, 0) is 133 Å². The van der Waals surface area contributed by atoms with Crippen LogP contribution in [0.4, 0.5) is 0 Å². The highest BCUT2D eigenvalue weighted by molar-refractivity contribution is 6.38. The van der Waals surface area contributed by atoms with Gasteiger partial charge in [0, 0.05) is 58.4 Å². The first-order valence-electron chi connectivity index (χ1n) is 21.9. The van der Waals surface area contributed by atoms with Crippen molar-refractivity contribution in [3.8, 4) is 0 Å². The summed E-state index contributed by atoms with van der Waals surface area (Å²) >= 11 is 0. The van der Waals surface area contributed by atoms with Crippen LogP contribution in [0.3, 0.4) is 0 Å². The van der Waals surface area contributed by atoms with Gasteiger partial charge in [-0.3, -0.25) is 9.59 Å². The van der Waals surface area contributed by atoms with Crippen LogP contribution in [0.15, 0.2) is 142 Å². The van der Waals surface area contributed by atoms with Crippen LogP contribution < -0.4 is 5.32 Å². The fraction of sp³-hybridized carbons (Fsp3) is 0.471. The van der Waals surface area contributed by atoms with Gasteiger partial charge in [0.2, 0.25) is 0 Å². The van der Waals surface area contributed by atoms with E-state index in [0.29, 0.717) is 70.2 Å². The summed E-state index contributed by atoms with van der Waals surface area (Å²) in [5, 5.41) is 25.4. The highest BCUT2D eigenvalue weighted by atomic mass is 16.5. The Bertz CT molecular complexity index is 2280. The zero-order valence-electron chi connectivity index (χ0n) is 37.4. The third kappa shape index (κ3) is 9.57. The smallest absolute Gasteiger partial charge is 0.306 e. The Morgan fingerprint density at radius 3 is 2.32 bits per heavy atom. The molecule has 9 nitrogen and oxygen atoms in total. The first-order valence-corrected chi connectivity index (χ1v) is 21.9. The monoisotopic (exact) mass is 812 g/mol. The van der Waals surface area contributed by atoms with Crippen LogP contribution in [-0.4, -0.2) is 51.8 Å². The maximum Gasteiger partial charge on any atom is 0.306 e. The van der Waals surface area contributed by atoms with Crippen molar-refractivity contribution in [2.75, 3.05) is 6.61 Å². The normalized spacial score (nSPS) is 22.7. The Hall–Kier alpha value is -5.15. The predicted octanol–water partition coefficient (Wildman–Crippen LogP) is 11.0. The molecule has 0 amide bonds. The van der Waals surface area contributed by atoms with Crippen molar-refractivity contribution in [3.63, 3.8) is 0 Å². The average Bonchev–Trinajstić information content (AvgIpc) is 3.95. The van der Waals surface area contributed by atoms with Crippen molar-refractivity contribution in [3.05, 3.63) is 127 Å². The van der Waals surface area contributed by atoms with Gasteiger partial charge >= 0.3 is 5.97 Å². The third-order valence-corrected chi connectivity index (χ3v) is 12.3. The van der Waals surface area contributed by atoms with Gasteiger partial charge in [0.25, 0.3) is 0 Å². The number of nitrogens with one attached hydrogen (secondary N) is 1. The Kier molecular flexibility index (Phi) is 14.1. The van der Waals surface area contributed by atoms with E-state index >= 15 is 0 Å². The molecule has 3 atom stereocenters. The van der Waals surface area contributed by atoms with E-state index in [1.807, 2.05) is 38.2 Å². The molecule has 0 aromatic rings. The van der Waals surface area contributed by atoms with Crippen molar-refractivity contribution in [1.29, 1.82) is 0 Å². The molecule has 2 fully saturated rings. The molecular formula is C51H64N4O5. The van der Waals surface area contributed by atoms with Crippen LogP contribution >= 0.6 is 0 Å². The summed E-state index contributed by atoms with van der Waals surface area (Å²) < 4.78 is 5.74. The van der Waals surface area contributed by atoms with E-state index in [0.717, 1.165) is 65.6 Å². The second-order valence-electron chi connectivity index (χ2n) is 17.7. The number of rotatable bonds is 15. The number of aliphatic imine (C=N–C) groups is 3. The molecule has 0 aromatic carbocycles. The average molecular weight is 813 g/mol. The van der Waals surface area contributed by atoms with Crippen molar-refractivity contribution in [2.24, 2.45) is 32.7 Å². The van der Waals surface area contributed by atoms with Crippen LogP contribution in [-0.2, 0) is 14.3 Å². The van der Waals surface area contributed by atoms with Crippen molar-refractivity contribution in [1.82, 2.24) is 5.32 Å². The Labute approximate surface area is 357 Å². The largest absolute Gasteiger partial charge is 0.515 e. The SMILES string of the molecule is CCC1=C2C(=O)CC3=C4NC(=CC5=NC(=CC6=NC(=C(CC(C)C)C6=CO)C=C1N=C32)C([C@H](C)O)=C5C)[C@@H](C)[C@@H]4CCC(=O)OC/C=C(\C)CC/C=C(\C)CCC=C(C)C. The molecule has 1 saturated heterocycles. The van der Waals surface area contributed by atoms with Gasteiger partial charge in [0.1, 0.15) is 6.61 Å². The number of ether oxygens (including phenoxy) is 1. The first-order chi connectivity index (χ1) is 28.6. The lowest BCUT2D eigenvalue weighted by molar-refractivity contribution is -0.142. The highest BCUT2D eigenvalue weighted by Gasteiger charge is 2.43. The molecule has 60 heavy (non-hydrogen) atoms. The van der Waals surface area contributed by atoms with Crippen LogP contribution in [0, 0.1) is 17.8 Å². The number of Topliss-reactive ketones (excluding diaryl/α,β-unsaturated/α-hetero) is 1. The number of aliphatic hydroxyl groups excluding tert-OH is 2. The molecule has 1 aliphatic carbocycles. The number of esters is 1. The maximum atomic E-state index is 14.0. The number of carbonyl (C=O) groups excluding carboxylic acids is 2. The second-order valence-corrected chi connectivity index (χ2v) is 17.7. The number of hydrogen-bond acceptors (Lipinski definition) is 9. The lowest BCUT2D eigenvalue weighted by atomic mass is 9.86. The molecule has 5 aliphatic heterocycles. The van der Waals surface area contributed by atoms with Crippen molar-refractivity contribution in [2.45, 2.75) is 133 Å². The summed E-state index contributed by atoms with van der Waals surface area (Å²) in [6.45, 7) is 20.9. The zero-order chi connectivity index (χ0) is 43.4. The molecule has 8 bridgehead atoms. The fourth-order valence-electron chi connectivity index (χ4n) is 9.05. The lowest BCUT2D eigenvalue weighted by Gasteiger charge is -2.17. The Morgan fingerprint density at radius 1 is 0.933 bits per heavy atom. The predicted molar refractivity (Wildman–Crippen MR) is 243 cm³/mol. The summed E-state index contributed by atoms with van der Waals surface area (Å²) in [6.07, 6.45) is 19.0. The van der Waals surface area contributed by atoms with Crippen LogP contribution in [0.5, 0.6) is 0 Å². The molecule has 0 spiro atoms. The van der Waals surface area contributed by atoms with Crippen LogP contribution in [0.25, 0.3) is 0 Å². The number of aliphatic hydroxyl groups is 2. The molecule has 318 valence electrons. The fourth-order valence-corrected chi connectivity index (χ4v) is 9.05. The first kappa shape index (κ1) is 44.4. The Morgan fingerprint density at radius 2 is 1.65 bits per heavy atom. The zero-order valence-corrected chi connectivity index (χ0v) is 37.4. The van der Waals surface area contributed by atoms with Gasteiger partial charge in [0.15, 0.2) is 5.78 Å². The number of allylic oxidation sites excluding steroid dienone is 16. The van der Waals surface area contributed by atoms with Crippen LogP contribution in [0.2, 0.25) is 0 Å². The quantitative estimate of drug-likeness (QED) is 0.0857. The van der Waals surface area contributed by atoms with Crippen LogP contribution in [0.1, 0.15) is 127 Å². The highest BCUT2D eigenvalue weighted by Crippen LogP contribution is 2.46. The summed E-state index contributed by atoms with van der Waals surface area (Å²) in [5.41, 5.74) is 15.2. The van der Waals surface area contributed by atoms with Gasteiger partial charge in [-0.2, -0.15) is 0 Å². The van der Waals surface area contributed by atoms with Gasteiger partial charge in [-0.25, -0.2) is 15.0 Å². The molecule has 1 saturated carbocycles. The molecule has 0 aromatic heterocycles. The van der Waals surface area contributed by atoms with E-state index in [2.05, 4.69) is 65.9 Å². The summed E-state index contributed by atoms with van der Waals surface area (Å²) in [7, 11) is 0. The van der Waals surface area contributed by atoms with E-state index in [9.17, 15) is 19.8 Å². The number of hydrogen-bond donors (Lipinski definition) is 3. The summed E-state index contributed by atoms with van der Waals surface area (Å²) in [5.74, 6) is -0.0983. The van der Waals surface area contributed by atoms with E-state index in [4.69, 9.17) is 19.7 Å². The van der Waals surface area contributed by atoms with Gasteiger partial charge < -0.3 is 20.3 Å². The summed E-state index contributed by atoms with van der Waals surface area (Å²) in [6, 6.07) is 0. The molecule has 0 unspecified atom stereocenters. The standard InChI is InChI=1S/C51H64N4O5/c1-11-35-42-25-43-37(22-29(4)5)39(27-56)44(53-43)26-45-48(34(10)57)33(9)41(52-45)24-40-32(8)36(50(54-40)38-23-46(58)49(35)51(38)55-42)18-19-47(59)60-21-20-31(7)17-13-16-30(6)15-12-14-28(2)3/h14,16,20,24-27,29,32,34,36,54,56-57H,11-13,15,17-19,21-23H2,1-10H3/b30-16+,31-20+,39-27?,40-24?,42-25?,45-26?,50-38?/t32-,34-,36-/m0/s1. The van der Waals surface area contributed by atoms with E-state index in [1.165, 1.54) is 16.7 Å². The van der Waals surface area contributed by atoms with Gasteiger partial charge in [-0.15, -0.1) is 0 Å². The lowest BCUT2D eigenvalue weighted by Crippen LogP contribution is -2.15. The molecule has 0 radical (unpaired) electrons. The second kappa shape index (κ2) is 19.1. The van der Waals surface area contributed by atoms with Gasteiger partial charge in [0.05, 0.1) is 46.6 Å². The molecule has 5 heterocycles. The minimum absolute atomic E-state index is 0.0373.